The maximum Gasteiger partial charge on any atom is 0.294 e. The van der Waals surface area contributed by atoms with Crippen molar-refractivity contribution >= 4 is 46.3 Å². The molecule has 2 fully saturated rings. The number of rotatable bonds is 5. The predicted octanol–water partition coefficient (Wildman–Crippen LogP) is 3.84. The van der Waals surface area contributed by atoms with Crippen molar-refractivity contribution in [2.75, 3.05) is 19.6 Å². The van der Waals surface area contributed by atoms with Crippen LogP contribution in [0.15, 0.2) is 65.1 Å². The van der Waals surface area contributed by atoms with E-state index >= 15 is 0 Å². The summed E-state index contributed by atoms with van der Waals surface area (Å²) in [6.07, 6.45) is 0.983. The Labute approximate surface area is 200 Å². The van der Waals surface area contributed by atoms with Gasteiger partial charge in [-0.15, -0.1) is 0 Å². The van der Waals surface area contributed by atoms with E-state index in [2.05, 4.69) is 5.32 Å². The van der Waals surface area contributed by atoms with Crippen molar-refractivity contribution in [3.05, 3.63) is 81.2 Å². The van der Waals surface area contributed by atoms with Gasteiger partial charge in [0.05, 0.1) is 15.5 Å². The molecule has 2 aliphatic heterocycles. The Morgan fingerprint density at radius 2 is 1.64 bits per heavy atom. The van der Waals surface area contributed by atoms with Crippen LogP contribution in [0.2, 0.25) is 5.02 Å². The van der Waals surface area contributed by atoms with E-state index in [4.69, 9.17) is 11.6 Å². The number of piperidine rings is 1. The molecule has 0 spiro atoms. The summed E-state index contributed by atoms with van der Waals surface area (Å²) in [6, 6.07) is 16.3. The third-order valence-corrected chi connectivity index (χ3v) is 6.95. The van der Waals surface area contributed by atoms with Gasteiger partial charge in [0.2, 0.25) is 5.91 Å². The Morgan fingerprint density at radius 3 is 2.33 bits per heavy atom. The lowest BCUT2D eigenvalue weighted by atomic mass is 10.0. The van der Waals surface area contributed by atoms with Gasteiger partial charge in [-0.25, -0.2) is 0 Å². The molecule has 0 unspecified atom stereocenters. The summed E-state index contributed by atoms with van der Waals surface area (Å²) in [5.74, 6) is -0.990. The summed E-state index contributed by atoms with van der Waals surface area (Å²) in [4.78, 5) is 53.4. The van der Waals surface area contributed by atoms with E-state index in [0.29, 0.717) is 48.0 Å². The first-order valence-electron chi connectivity index (χ1n) is 10.5. The van der Waals surface area contributed by atoms with E-state index in [9.17, 15) is 19.2 Å². The van der Waals surface area contributed by atoms with Crippen LogP contribution < -0.4 is 5.32 Å². The monoisotopic (exact) mass is 483 g/mol. The number of hydrogen-bond acceptors (Lipinski definition) is 5. The molecule has 170 valence electrons. The first-order chi connectivity index (χ1) is 15.9. The highest BCUT2D eigenvalue weighted by Crippen LogP contribution is 2.36. The smallest absolute Gasteiger partial charge is 0.294 e. The lowest BCUT2D eigenvalue weighted by Crippen LogP contribution is -2.39. The maximum atomic E-state index is 12.9. The van der Waals surface area contributed by atoms with Gasteiger partial charge < -0.3 is 10.2 Å². The van der Waals surface area contributed by atoms with Gasteiger partial charge in [0, 0.05) is 19.6 Å². The molecule has 1 N–H and O–H groups in total. The van der Waals surface area contributed by atoms with Gasteiger partial charge in [0.25, 0.3) is 17.1 Å². The minimum Gasteiger partial charge on any atom is -0.350 e. The normalized spacial score (nSPS) is 16.4. The largest absolute Gasteiger partial charge is 0.350 e. The zero-order chi connectivity index (χ0) is 23.4. The van der Waals surface area contributed by atoms with Crippen LogP contribution in [0.3, 0.4) is 0 Å². The maximum absolute atomic E-state index is 12.9. The van der Waals surface area contributed by atoms with Crippen LogP contribution in [-0.4, -0.2) is 52.4 Å². The van der Waals surface area contributed by atoms with Crippen molar-refractivity contribution in [2.45, 2.75) is 19.4 Å². The third kappa shape index (κ3) is 5.29. The fourth-order valence-electron chi connectivity index (χ4n) is 3.76. The molecule has 0 aromatic heterocycles. The second-order valence-corrected chi connectivity index (χ2v) is 9.10. The number of hydrogen-bond donors (Lipinski definition) is 1. The predicted molar refractivity (Wildman–Crippen MR) is 127 cm³/mol. The van der Waals surface area contributed by atoms with Gasteiger partial charge in [0.1, 0.15) is 6.54 Å². The molecule has 2 heterocycles. The molecule has 7 nitrogen and oxygen atoms in total. The number of amides is 4. The van der Waals surface area contributed by atoms with Crippen LogP contribution >= 0.6 is 23.4 Å². The van der Waals surface area contributed by atoms with Crippen LogP contribution in [0, 0.1) is 0 Å². The highest BCUT2D eigenvalue weighted by molar-refractivity contribution is 8.18. The van der Waals surface area contributed by atoms with Gasteiger partial charge >= 0.3 is 0 Å². The van der Waals surface area contributed by atoms with Crippen molar-refractivity contribution in [3.63, 3.8) is 0 Å². The minimum absolute atomic E-state index is 0.150. The van der Waals surface area contributed by atoms with E-state index in [1.807, 2.05) is 30.3 Å². The fraction of sp³-hybridized carbons (Fsp3) is 0.250. The fourth-order valence-corrected chi connectivity index (χ4v) is 4.95. The summed E-state index contributed by atoms with van der Waals surface area (Å²) in [6.45, 7) is 0.878. The lowest BCUT2D eigenvalue weighted by Gasteiger charge is -2.29. The molecule has 0 atom stereocenters. The first kappa shape index (κ1) is 23.1. The first-order valence-corrected chi connectivity index (χ1v) is 11.7. The van der Waals surface area contributed by atoms with Gasteiger partial charge in [-0.2, -0.15) is 0 Å². The molecule has 4 amide bonds. The van der Waals surface area contributed by atoms with Crippen molar-refractivity contribution in [1.29, 1.82) is 0 Å². The lowest BCUT2D eigenvalue weighted by molar-refractivity contribution is -0.129. The molecule has 2 aromatic carbocycles. The number of nitrogens with zero attached hydrogens (tertiary/aromatic N) is 2. The Balaban J connectivity index is 1.35. The van der Waals surface area contributed by atoms with Gasteiger partial charge in [-0.1, -0.05) is 54.1 Å². The molecule has 0 bridgehead atoms. The average molecular weight is 484 g/mol. The Hall–Kier alpha value is -3.10. The highest BCUT2D eigenvalue weighted by Gasteiger charge is 2.38. The Kier molecular flexibility index (Phi) is 7.15. The molecule has 0 aliphatic carbocycles. The van der Waals surface area contributed by atoms with Gasteiger partial charge in [-0.05, 0) is 47.9 Å². The number of likely N-dealkylation sites (tertiary alicyclic amines) is 1. The van der Waals surface area contributed by atoms with E-state index in [-0.39, 0.29) is 12.5 Å². The molecular formula is C24H22ClN3O4S. The van der Waals surface area contributed by atoms with E-state index in [0.717, 1.165) is 27.8 Å². The standard InChI is InChI=1S/C24H22ClN3O4S/c25-19-9-5-4-8-18(19)22(30)27-12-10-17(11-13-27)21-23(31)28(24(32)33-21)15-20(29)26-14-16-6-2-1-3-7-16/h1-9H,10-15H2,(H,26,29). The molecule has 2 aliphatic rings. The second kappa shape index (κ2) is 10.2. The second-order valence-electron chi connectivity index (χ2n) is 7.73. The summed E-state index contributed by atoms with van der Waals surface area (Å²) in [7, 11) is 0. The zero-order valence-corrected chi connectivity index (χ0v) is 19.3. The van der Waals surface area contributed by atoms with Crippen molar-refractivity contribution in [1.82, 2.24) is 15.1 Å². The van der Waals surface area contributed by atoms with E-state index in [1.54, 1.807) is 29.2 Å². The van der Waals surface area contributed by atoms with Crippen LogP contribution in [-0.2, 0) is 16.1 Å². The topological polar surface area (TPSA) is 86.8 Å². The number of benzene rings is 2. The highest BCUT2D eigenvalue weighted by atomic mass is 35.5. The number of thioether (sulfide) groups is 1. The minimum atomic E-state index is -0.452. The zero-order valence-electron chi connectivity index (χ0n) is 17.8. The van der Waals surface area contributed by atoms with Crippen LogP contribution in [0.25, 0.3) is 0 Å². The van der Waals surface area contributed by atoms with Gasteiger partial charge in [-0.3, -0.25) is 24.1 Å². The molecule has 2 aromatic rings. The molecule has 4 rings (SSSR count). The molecular weight excluding hydrogens is 462 g/mol. The number of carbonyl (C=O) groups excluding carboxylic acids is 4. The molecule has 33 heavy (non-hydrogen) atoms. The Morgan fingerprint density at radius 1 is 0.970 bits per heavy atom. The quantitative estimate of drug-likeness (QED) is 0.653. The van der Waals surface area contributed by atoms with Crippen molar-refractivity contribution < 1.29 is 19.2 Å². The third-order valence-electron chi connectivity index (χ3n) is 5.56. The molecule has 9 heteroatoms. The van der Waals surface area contributed by atoms with Crippen LogP contribution in [0.1, 0.15) is 28.8 Å². The number of carbonyl (C=O) groups is 4. The van der Waals surface area contributed by atoms with Gasteiger partial charge in [0.15, 0.2) is 0 Å². The molecule has 0 radical (unpaired) electrons. The molecule has 0 saturated carbocycles. The van der Waals surface area contributed by atoms with Crippen molar-refractivity contribution in [2.24, 2.45) is 0 Å². The SMILES string of the molecule is O=C(CN1C(=O)SC(=C2CCN(C(=O)c3ccccc3Cl)CC2)C1=O)NCc1ccccc1. The van der Waals surface area contributed by atoms with Crippen LogP contribution in [0.4, 0.5) is 4.79 Å². The summed E-state index contributed by atoms with van der Waals surface area (Å²) < 4.78 is 0. The summed E-state index contributed by atoms with van der Waals surface area (Å²) in [5, 5.41) is 2.69. The van der Waals surface area contributed by atoms with Crippen molar-refractivity contribution in [3.8, 4) is 0 Å². The number of nitrogens with one attached hydrogen (secondary N) is 1. The molecule has 2 saturated heterocycles. The van der Waals surface area contributed by atoms with Crippen LogP contribution in [0.5, 0.6) is 0 Å². The number of halogens is 1. The number of imide groups is 1. The van der Waals surface area contributed by atoms with E-state index < -0.39 is 17.1 Å². The summed E-state index contributed by atoms with van der Waals surface area (Å²) in [5.41, 5.74) is 2.22. The average Bonchev–Trinajstić information content (AvgIpc) is 3.11. The van der Waals surface area contributed by atoms with E-state index in [1.165, 1.54) is 0 Å². The summed E-state index contributed by atoms with van der Waals surface area (Å²) >= 11 is 7.01. The Bertz CT molecular complexity index is 1130.